The van der Waals surface area contributed by atoms with Crippen molar-refractivity contribution in [1.29, 1.82) is 0 Å². The summed E-state index contributed by atoms with van der Waals surface area (Å²) in [4.78, 5) is 14.5. The Hall–Kier alpha value is -1.51. The number of nitrogens with zero attached hydrogens (tertiary/aromatic N) is 1. The molecule has 5 heteroatoms. The number of benzene rings is 1. The average molecular weight is 266 g/mol. The minimum absolute atomic E-state index is 0.214. The van der Waals surface area contributed by atoms with E-state index in [0.29, 0.717) is 10.8 Å². The Labute approximate surface area is 110 Å². The topological polar surface area (TPSA) is 47.9 Å². The quantitative estimate of drug-likeness (QED) is 0.624. The second-order valence-electron chi connectivity index (χ2n) is 4.53. The van der Waals surface area contributed by atoms with Gasteiger partial charge < -0.3 is 9.47 Å². The van der Waals surface area contributed by atoms with E-state index < -0.39 is 5.54 Å². The molecule has 1 aromatic carbocycles. The van der Waals surface area contributed by atoms with Crippen molar-refractivity contribution in [3.63, 3.8) is 0 Å². The second-order valence-corrected chi connectivity index (χ2v) is 4.94. The fraction of sp³-hybridized carbons (Fsp3) is 0.462. The minimum atomic E-state index is -0.481. The first kappa shape index (κ1) is 11.6. The van der Waals surface area contributed by atoms with Gasteiger partial charge >= 0.3 is 0 Å². The molecule has 1 aromatic rings. The Morgan fingerprint density at radius 1 is 1.50 bits per heavy atom. The van der Waals surface area contributed by atoms with Crippen LogP contribution in [-0.2, 0) is 16.8 Å². The van der Waals surface area contributed by atoms with Crippen molar-refractivity contribution in [2.45, 2.75) is 31.7 Å². The van der Waals surface area contributed by atoms with E-state index in [0.717, 1.165) is 36.1 Å². The molecule has 0 N–H and O–H groups in total. The molecular weight excluding hydrogens is 254 g/mol. The third-order valence-electron chi connectivity index (χ3n) is 3.52. The molecule has 3 rings (SSSR count). The van der Waals surface area contributed by atoms with Gasteiger partial charge in [0.2, 0.25) is 12.9 Å². The van der Waals surface area contributed by atoms with Crippen LogP contribution in [0.3, 0.4) is 0 Å². The van der Waals surface area contributed by atoms with Crippen molar-refractivity contribution < 1.29 is 14.3 Å². The fourth-order valence-electron chi connectivity index (χ4n) is 2.54. The number of fused-ring (bicyclic) bond motifs is 1. The third-order valence-corrected chi connectivity index (χ3v) is 3.81. The van der Waals surface area contributed by atoms with Gasteiger partial charge in [-0.1, -0.05) is 18.5 Å². The highest BCUT2D eigenvalue weighted by atomic mass is 35.5. The fourth-order valence-corrected chi connectivity index (χ4v) is 2.93. The van der Waals surface area contributed by atoms with Crippen LogP contribution < -0.4 is 9.47 Å². The Morgan fingerprint density at radius 2 is 2.28 bits per heavy atom. The van der Waals surface area contributed by atoms with Gasteiger partial charge in [-0.25, -0.2) is 4.79 Å². The molecule has 4 nitrogen and oxygen atoms in total. The van der Waals surface area contributed by atoms with Gasteiger partial charge in [0.15, 0.2) is 11.5 Å². The van der Waals surface area contributed by atoms with Crippen molar-refractivity contribution in [3.8, 4) is 11.5 Å². The standard InChI is InChI=1S/C13H12ClNO3/c1-2-8-11(13(3-4-13)15-6-16)9(14)5-10-12(8)18-7-17-10/h5H,2-4,7H2,1H3. The molecule has 0 unspecified atom stereocenters. The van der Waals surface area contributed by atoms with E-state index >= 15 is 0 Å². The normalized spacial score (nSPS) is 18.3. The number of carbonyl (C=O) groups excluding carboxylic acids is 1. The van der Waals surface area contributed by atoms with E-state index in [2.05, 4.69) is 4.99 Å². The number of isocyanates is 1. The lowest BCUT2D eigenvalue weighted by Gasteiger charge is -2.17. The smallest absolute Gasteiger partial charge is 0.235 e. The minimum Gasteiger partial charge on any atom is -0.454 e. The van der Waals surface area contributed by atoms with Crippen molar-refractivity contribution in [1.82, 2.24) is 0 Å². The van der Waals surface area contributed by atoms with Crippen LogP contribution in [0.2, 0.25) is 5.02 Å². The predicted octanol–water partition coefficient (Wildman–Crippen LogP) is 2.96. The Bertz CT molecular complexity index is 560. The molecule has 94 valence electrons. The summed E-state index contributed by atoms with van der Waals surface area (Å²) in [5, 5.41) is 0.590. The first-order valence-corrected chi connectivity index (χ1v) is 6.30. The van der Waals surface area contributed by atoms with Crippen molar-refractivity contribution in [3.05, 3.63) is 22.2 Å². The van der Waals surface area contributed by atoms with Crippen LogP contribution >= 0.6 is 11.6 Å². The van der Waals surface area contributed by atoms with Gasteiger partial charge in [0.1, 0.15) is 5.54 Å². The highest BCUT2D eigenvalue weighted by Crippen LogP contribution is 2.56. The molecule has 0 aromatic heterocycles. The molecule has 0 saturated heterocycles. The molecule has 1 aliphatic heterocycles. The largest absolute Gasteiger partial charge is 0.454 e. The van der Waals surface area contributed by atoms with Crippen LogP contribution in [0.4, 0.5) is 0 Å². The van der Waals surface area contributed by atoms with Gasteiger partial charge in [0.25, 0.3) is 0 Å². The maximum absolute atomic E-state index is 10.6. The van der Waals surface area contributed by atoms with Gasteiger partial charge in [-0.3, -0.25) is 0 Å². The Kier molecular flexibility index (Phi) is 2.58. The number of hydrogen-bond acceptors (Lipinski definition) is 4. The molecule has 0 spiro atoms. The summed E-state index contributed by atoms with van der Waals surface area (Å²) in [5.74, 6) is 1.41. The van der Waals surface area contributed by atoms with Crippen LogP contribution in [0.1, 0.15) is 30.9 Å². The molecule has 1 fully saturated rings. The lowest BCUT2D eigenvalue weighted by molar-refractivity contribution is 0.173. The van der Waals surface area contributed by atoms with Gasteiger partial charge in [-0.2, -0.15) is 4.99 Å². The van der Waals surface area contributed by atoms with Crippen LogP contribution in [0.5, 0.6) is 11.5 Å². The van der Waals surface area contributed by atoms with Crippen LogP contribution in [0, 0.1) is 0 Å². The van der Waals surface area contributed by atoms with E-state index in [1.807, 2.05) is 6.92 Å². The van der Waals surface area contributed by atoms with Crippen molar-refractivity contribution >= 4 is 17.7 Å². The van der Waals surface area contributed by atoms with Crippen LogP contribution in [-0.4, -0.2) is 12.9 Å². The number of halogens is 1. The van der Waals surface area contributed by atoms with Crippen LogP contribution in [0.15, 0.2) is 11.1 Å². The number of ether oxygens (including phenoxy) is 2. The Balaban J connectivity index is 2.23. The van der Waals surface area contributed by atoms with Gasteiger partial charge in [-0.05, 0) is 19.3 Å². The lowest BCUT2D eigenvalue weighted by Crippen LogP contribution is -2.08. The summed E-state index contributed by atoms with van der Waals surface area (Å²) in [7, 11) is 0. The SMILES string of the molecule is CCc1c2c(cc(Cl)c1C1(N=C=O)CC1)OCO2. The first-order chi connectivity index (χ1) is 8.72. The van der Waals surface area contributed by atoms with Gasteiger partial charge in [0.05, 0.1) is 5.02 Å². The Morgan fingerprint density at radius 3 is 2.89 bits per heavy atom. The maximum Gasteiger partial charge on any atom is 0.235 e. The van der Waals surface area contributed by atoms with E-state index in [1.54, 1.807) is 12.1 Å². The molecule has 0 bridgehead atoms. The van der Waals surface area contributed by atoms with E-state index in [9.17, 15) is 4.79 Å². The van der Waals surface area contributed by atoms with E-state index in [1.165, 1.54) is 0 Å². The highest BCUT2D eigenvalue weighted by Gasteiger charge is 2.48. The zero-order valence-corrected chi connectivity index (χ0v) is 10.7. The molecule has 2 aliphatic rings. The summed E-state index contributed by atoms with van der Waals surface area (Å²) < 4.78 is 10.9. The van der Waals surface area contributed by atoms with E-state index in [4.69, 9.17) is 21.1 Å². The third kappa shape index (κ3) is 1.53. The number of hydrogen-bond donors (Lipinski definition) is 0. The van der Waals surface area contributed by atoms with Gasteiger partial charge in [-0.15, -0.1) is 0 Å². The van der Waals surface area contributed by atoms with E-state index in [-0.39, 0.29) is 6.79 Å². The van der Waals surface area contributed by atoms with Gasteiger partial charge in [0, 0.05) is 17.2 Å². The predicted molar refractivity (Wildman–Crippen MR) is 66.0 cm³/mol. The van der Waals surface area contributed by atoms with Crippen molar-refractivity contribution in [2.75, 3.05) is 6.79 Å². The second kappa shape index (κ2) is 4.01. The summed E-state index contributed by atoms with van der Waals surface area (Å²) in [6.45, 7) is 2.24. The number of aliphatic imine (C=N–C) groups is 1. The zero-order chi connectivity index (χ0) is 12.8. The monoisotopic (exact) mass is 265 g/mol. The molecular formula is C13H12ClNO3. The molecule has 0 radical (unpaired) electrons. The maximum atomic E-state index is 10.6. The molecule has 0 atom stereocenters. The average Bonchev–Trinajstić information content (AvgIpc) is 2.97. The zero-order valence-electron chi connectivity index (χ0n) is 9.96. The molecule has 1 heterocycles. The van der Waals surface area contributed by atoms with Crippen LogP contribution in [0.25, 0.3) is 0 Å². The summed E-state index contributed by atoms with van der Waals surface area (Å²) in [6.07, 6.45) is 4.08. The summed E-state index contributed by atoms with van der Waals surface area (Å²) in [6, 6.07) is 1.75. The molecule has 0 amide bonds. The lowest BCUT2D eigenvalue weighted by atomic mass is 9.95. The van der Waals surface area contributed by atoms with Crippen molar-refractivity contribution in [2.24, 2.45) is 4.99 Å². The molecule has 1 aliphatic carbocycles. The summed E-state index contributed by atoms with van der Waals surface area (Å²) in [5.41, 5.74) is 1.41. The molecule has 18 heavy (non-hydrogen) atoms. The molecule has 1 saturated carbocycles. The summed E-state index contributed by atoms with van der Waals surface area (Å²) >= 11 is 6.33. The first-order valence-electron chi connectivity index (χ1n) is 5.92. The number of rotatable bonds is 3. The highest BCUT2D eigenvalue weighted by molar-refractivity contribution is 6.32.